The number of rotatable bonds is 5. The van der Waals surface area contributed by atoms with Gasteiger partial charge in [-0.2, -0.15) is 0 Å². The number of hydrogen-bond donors (Lipinski definition) is 2. The van der Waals surface area contributed by atoms with Crippen LogP contribution in [0.2, 0.25) is 0 Å². The first-order valence-corrected chi connectivity index (χ1v) is 7.20. The van der Waals surface area contributed by atoms with Crippen LogP contribution in [0.25, 0.3) is 0 Å². The Morgan fingerprint density at radius 3 is 2.55 bits per heavy atom. The summed E-state index contributed by atoms with van der Waals surface area (Å²) >= 11 is 0. The van der Waals surface area contributed by atoms with Gasteiger partial charge in [-0.1, -0.05) is 12.1 Å². The fourth-order valence-electron chi connectivity index (χ4n) is 1.97. The summed E-state index contributed by atoms with van der Waals surface area (Å²) < 4.78 is 18.3. The van der Waals surface area contributed by atoms with Crippen LogP contribution in [-0.4, -0.2) is 24.5 Å². The third-order valence-corrected chi connectivity index (χ3v) is 3.32. The predicted octanol–water partition coefficient (Wildman–Crippen LogP) is 2.34. The molecule has 0 radical (unpaired) electrons. The number of guanidine groups is 1. The monoisotopic (exact) mass is 304 g/mol. The van der Waals surface area contributed by atoms with Gasteiger partial charge in [0, 0.05) is 13.6 Å². The van der Waals surface area contributed by atoms with E-state index in [1.54, 1.807) is 19.2 Å². The summed E-state index contributed by atoms with van der Waals surface area (Å²) in [6, 6.07) is 6.50. The third kappa shape index (κ3) is 4.58. The highest BCUT2D eigenvalue weighted by Gasteiger charge is 2.06. The molecule has 2 N–H and O–H groups in total. The summed E-state index contributed by atoms with van der Waals surface area (Å²) in [5.41, 5.74) is 1.97. The lowest BCUT2D eigenvalue weighted by Gasteiger charge is -2.10. The van der Waals surface area contributed by atoms with Crippen molar-refractivity contribution in [1.29, 1.82) is 0 Å². The van der Waals surface area contributed by atoms with Crippen molar-refractivity contribution >= 4 is 5.96 Å². The largest absolute Gasteiger partial charge is 0.444 e. The van der Waals surface area contributed by atoms with Gasteiger partial charge >= 0.3 is 0 Å². The van der Waals surface area contributed by atoms with Gasteiger partial charge in [0.25, 0.3) is 0 Å². The molecule has 0 amide bonds. The molecule has 1 heterocycles. The Hall–Kier alpha value is -2.37. The van der Waals surface area contributed by atoms with E-state index in [1.165, 1.54) is 12.1 Å². The van der Waals surface area contributed by atoms with Crippen LogP contribution in [-0.2, 0) is 13.0 Å². The van der Waals surface area contributed by atoms with Crippen LogP contribution in [0.15, 0.2) is 33.7 Å². The van der Waals surface area contributed by atoms with Crippen LogP contribution in [0.1, 0.15) is 22.9 Å². The summed E-state index contributed by atoms with van der Waals surface area (Å²) in [7, 11) is 1.71. The van der Waals surface area contributed by atoms with E-state index in [0.717, 1.165) is 23.4 Å². The molecule has 22 heavy (non-hydrogen) atoms. The zero-order valence-electron chi connectivity index (χ0n) is 13.1. The molecule has 0 fully saturated rings. The smallest absolute Gasteiger partial charge is 0.214 e. The van der Waals surface area contributed by atoms with Crippen molar-refractivity contribution in [2.24, 2.45) is 4.99 Å². The molecule has 1 aromatic heterocycles. The van der Waals surface area contributed by atoms with Crippen molar-refractivity contribution in [3.05, 3.63) is 53.0 Å². The van der Waals surface area contributed by atoms with E-state index in [4.69, 9.17) is 4.42 Å². The summed E-state index contributed by atoms with van der Waals surface area (Å²) in [5.74, 6) is 1.92. The average molecular weight is 304 g/mol. The van der Waals surface area contributed by atoms with Gasteiger partial charge in [-0.3, -0.25) is 4.99 Å². The van der Waals surface area contributed by atoms with E-state index in [1.807, 2.05) is 13.8 Å². The molecule has 1 aromatic carbocycles. The Balaban J connectivity index is 1.76. The minimum absolute atomic E-state index is 0.217. The molecule has 0 spiro atoms. The summed E-state index contributed by atoms with van der Waals surface area (Å²) in [6.07, 6.45) is 0.790. The third-order valence-electron chi connectivity index (χ3n) is 3.32. The summed E-state index contributed by atoms with van der Waals surface area (Å²) in [4.78, 5) is 8.45. The molecular weight excluding hydrogens is 283 g/mol. The van der Waals surface area contributed by atoms with E-state index in [2.05, 4.69) is 20.6 Å². The lowest BCUT2D eigenvalue weighted by molar-refractivity contribution is 0.464. The molecule has 0 atom stereocenters. The lowest BCUT2D eigenvalue weighted by Crippen LogP contribution is -2.37. The number of aromatic nitrogens is 1. The first kappa shape index (κ1) is 16.0. The molecule has 118 valence electrons. The van der Waals surface area contributed by atoms with Crippen molar-refractivity contribution in [2.45, 2.75) is 26.8 Å². The van der Waals surface area contributed by atoms with E-state index in [-0.39, 0.29) is 5.82 Å². The molecule has 6 heteroatoms. The summed E-state index contributed by atoms with van der Waals surface area (Å²) in [6.45, 7) is 4.99. The average Bonchev–Trinajstić information content (AvgIpc) is 2.83. The number of nitrogens with zero attached hydrogens (tertiary/aromatic N) is 2. The number of aryl methyl sites for hydroxylation is 2. The Bertz CT molecular complexity index is 615. The van der Waals surface area contributed by atoms with Crippen molar-refractivity contribution in [3.8, 4) is 0 Å². The molecule has 0 saturated heterocycles. The molecule has 0 aliphatic carbocycles. The van der Waals surface area contributed by atoms with E-state index >= 15 is 0 Å². The quantitative estimate of drug-likeness (QED) is 0.657. The Morgan fingerprint density at radius 1 is 1.23 bits per heavy atom. The predicted molar refractivity (Wildman–Crippen MR) is 84.3 cm³/mol. The fourth-order valence-corrected chi connectivity index (χ4v) is 1.97. The van der Waals surface area contributed by atoms with Crippen LogP contribution in [0.5, 0.6) is 0 Å². The number of aliphatic imine (C=N–C) groups is 1. The topological polar surface area (TPSA) is 62.5 Å². The first-order chi connectivity index (χ1) is 10.6. The maximum absolute atomic E-state index is 12.8. The highest BCUT2D eigenvalue weighted by Crippen LogP contribution is 2.07. The minimum Gasteiger partial charge on any atom is -0.444 e. The molecule has 5 nitrogen and oxygen atoms in total. The van der Waals surface area contributed by atoms with Crippen LogP contribution in [0.4, 0.5) is 4.39 Å². The highest BCUT2D eigenvalue weighted by molar-refractivity contribution is 5.79. The number of benzene rings is 1. The fraction of sp³-hybridized carbons (Fsp3) is 0.375. The van der Waals surface area contributed by atoms with E-state index in [0.29, 0.717) is 24.9 Å². The lowest BCUT2D eigenvalue weighted by atomic mass is 10.1. The molecule has 2 aromatic rings. The number of oxazole rings is 1. The molecular formula is C16H21FN4O. The molecule has 0 aliphatic heterocycles. The second-order valence-electron chi connectivity index (χ2n) is 4.98. The van der Waals surface area contributed by atoms with Crippen LogP contribution >= 0.6 is 0 Å². The zero-order chi connectivity index (χ0) is 15.9. The van der Waals surface area contributed by atoms with Crippen LogP contribution in [0, 0.1) is 19.7 Å². The normalized spacial score (nSPS) is 11.5. The Labute approximate surface area is 129 Å². The van der Waals surface area contributed by atoms with E-state index in [9.17, 15) is 4.39 Å². The van der Waals surface area contributed by atoms with Crippen molar-refractivity contribution in [1.82, 2.24) is 15.6 Å². The van der Waals surface area contributed by atoms with Gasteiger partial charge < -0.3 is 15.1 Å². The van der Waals surface area contributed by atoms with Gasteiger partial charge in [0.05, 0.1) is 12.2 Å². The molecule has 2 rings (SSSR count). The second-order valence-corrected chi connectivity index (χ2v) is 4.98. The minimum atomic E-state index is -0.217. The number of nitrogens with one attached hydrogen (secondary N) is 2. The van der Waals surface area contributed by atoms with Crippen molar-refractivity contribution in [3.63, 3.8) is 0 Å². The molecule has 0 unspecified atom stereocenters. The first-order valence-electron chi connectivity index (χ1n) is 7.20. The molecule has 0 aliphatic rings. The molecule has 0 saturated carbocycles. The standard InChI is InChI=1S/C16H21FN4O/c1-11-12(2)22-15(21-11)10-20-16(18-3)19-9-8-13-4-6-14(17)7-5-13/h4-7H,8-10H2,1-3H3,(H2,18,19,20). The maximum atomic E-state index is 12.8. The summed E-state index contributed by atoms with van der Waals surface area (Å²) in [5, 5.41) is 6.34. The maximum Gasteiger partial charge on any atom is 0.214 e. The Kier molecular flexibility index (Phi) is 5.52. The second kappa shape index (κ2) is 7.59. The van der Waals surface area contributed by atoms with Gasteiger partial charge in [-0.25, -0.2) is 9.37 Å². The van der Waals surface area contributed by atoms with Crippen molar-refractivity contribution < 1.29 is 8.81 Å². The van der Waals surface area contributed by atoms with Gasteiger partial charge in [0.2, 0.25) is 5.89 Å². The van der Waals surface area contributed by atoms with Crippen molar-refractivity contribution in [2.75, 3.05) is 13.6 Å². The highest BCUT2D eigenvalue weighted by atomic mass is 19.1. The van der Waals surface area contributed by atoms with E-state index < -0.39 is 0 Å². The zero-order valence-corrected chi connectivity index (χ0v) is 13.1. The number of hydrogen-bond acceptors (Lipinski definition) is 3. The van der Waals surface area contributed by atoms with Crippen LogP contribution < -0.4 is 10.6 Å². The molecule has 0 bridgehead atoms. The SMILES string of the molecule is CN=C(NCCc1ccc(F)cc1)NCc1nc(C)c(C)o1. The van der Waals surface area contributed by atoms with Gasteiger partial charge in [-0.05, 0) is 38.0 Å². The van der Waals surface area contributed by atoms with Gasteiger partial charge in [0.1, 0.15) is 11.6 Å². The van der Waals surface area contributed by atoms with Gasteiger partial charge in [-0.15, -0.1) is 0 Å². The van der Waals surface area contributed by atoms with Crippen LogP contribution in [0.3, 0.4) is 0 Å². The number of halogens is 1. The van der Waals surface area contributed by atoms with Gasteiger partial charge in [0.15, 0.2) is 5.96 Å². The Morgan fingerprint density at radius 2 is 1.95 bits per heavy atom.